The molecule has 0 amide bonds. The molecule has 1 aromatic carbocycles. The minimum absolute atomic E-state index is 0.194. The number of halogens is 1. The first-order valence-corrected chi connectivity index (χ1v) is 6.13. The van der Waals surface area contributed by atoms with E-state index in [9.17, 15) is 8.42 Å². The summed E-state index contributed by atoms with van der Waals surface area (Å²) in [6, 6.07) is 6.18. The first-order valence-electron chi connectivity index (χ1n) is 4.31. The number of hydrogen-bond acceptors (Lipinski definition) is 2. The molecule has 0 heterocycles. The minimum atomic E-state index is -3.45. The molecule has 15 heavy (non-hydrogen) atoms. The van der Waals surface area contributed by atoms with Crippen LogP contribution in [0, 0.1) is 0 Å². The molecular weight excluding hydrogens is 234 g/mol. The summed E-state index contributed by atoms with van der Waals surface area (Å²) in [4.78, 5) is 0.194. The Morgan fingerprint density at radius 3 is 2.73 bits per heavy atom. The largest absolute Gasteiger partial charge is 0.243 e. The number of rotatable bonds is 4. The fourth-order valence-electron chi connectivity index (χ4n) is 1.09. The quantitative estimate of drug-likeness (QED) is 0.763. The molecule has 0 atom stereocenters. The van der Waals surface area contributed by atoms with Gasteiger partial charge in [-0.05, 0) is 18.2 Å². The van der Waals surface area contributed by atoms with Crippen LogP contribution in [0.4, 0.5) is 0 Å². The van der Waals surface area contributed by atoms with Gasteiger partial charge in [-0.25, -0.2) is 8.42 Å². The van der Waals surface area contributed by atoms with Crippen molar-refractivity contribution in [3.8, 4) is 0 Å². The Balaban J connectivity index is 3.11. The molecule has 1 aromatic rings. The maximum Gasteiger partial charge on any atom is 0.243 e. The third kappa shape index (κ3) is 2.81. The van der Waals surface area contributed by atoms with Crippen molar-refractivity contribution < 1.29 is 8.42 Å². The van der Waals surface area contributed by atoms with E-state index in [0.717, 1.165) is 0 Å². The molecule has 3 nitrogen and oxygen atoms in total. The van der Waals surface area contributed by atoms with E-state index in [2.05, 4.69) is 6.58 Å². The molecule has 82 valence electrons. The number of nitrogens with zero attached hydrogens (tertiary/aromatic N) is 1. The van der Waals surface area contributed by atoms with E-state index >= 15 is 0 Å². The third-order valence-electron chi connectivity index (χ3n) is 1.89. The second-order valence-corrected chi connectivity index (χ2v) is 5.51. The highest BCUT2D eigenvalue weighted by molar-refractivity contribution is 7.89. The Kier molecular flexibility index (Phi) is 3.90. The lowest BCUT2D eigenvalue weighted by molar-refractivity contribution is 0.499. The summed E-state index contributed by atoms with van der Waals surface area (Å²) in [5, 5.41) is 0.406. The molecule has 0 aromatic heterocycles. The van der Waals surface area contributed by atoms with Crippen molar-refractivity contribution in [3.05, 3.63) is 41.9 Å². The van der Waals surface area contributed by atoms with Gasteiger partial charge >= 0.3 is 0 Å². The van der Waals surface area contributed by atoms with E-state index in [1.54, 1.807) is 12.1 Å². The molecule has 0 saturated heterocycles. The van der Waals surface area contributed by atoms with Crippen LogP contribution in [0.15, 0.2) is 41.8 Å². The van der Waals surface area contributed by atoms with E-state index < -0.39 is 10.0 Å². The smallest absolute Gasteiger partial charge is 0.207 e. The molecule has 1 rings (SSSR count). The van der Waals surface area contributed by atoms with E-state index in [0.29, 0.717) is 5.02 Å². The fourth-order valence-corrected chi connectivity index (χ4v) is 2.53. The molecule has 0 aliphatic carbocycles. The van der Waals surface area contributed by atoms with Crippen LogP contribution >= 0.6 is 11.6 Å². The van der Waals surface area contributed by atoms with Gasteiger partial charge in [0.25, 0.3) is 0 Å². The van der Waals surface area contributed by atoms with Gasteiger partial charge in [0.1, 0.15) is 0 Å². The summed E-state index contributed by atoms with van der Waals surface area (Å²) in [7, 11) is -1.95. The fraction of sp³-hybridized carbons (Fsp3) is 0.200. The van der Waals surface area contributed by atoms with Crippen LogP contribution in [0.5, 0.6) is 0 Å². The number of hydrogen-bond donors (Lipinski definition) is 0. The van der Waals surface area contributed by atoms with E-state index in [1.807, 2.05) is 0 Å². The van der Waals surface area contributed by atoms with Crippen LogP contribution in [-0.2, 0) is 10.0 Å². The van der Waals surface area contributed by atoms with Gasteiger partial charge in [-0.3, -0.25) is 0 Å². The lowest BCUT2D eigenvalue weighted by Crippen LogP contribution is -2.26. The van der Waals surface area contributed by atoms with Gasteiger partial charge < -0.3 is 0 Å². The van der Waals surface area contributed by atoms with Crippen LogP contribution in [0.3, 0.4) is 0 Å². The van der Waals surface area contributed by atoms with Crippen molar-refractivity contribution in [2.75, 3.05) is 13.6 Å². The monoisotopic (exact) mass is 245 g/mol. The SMILES string of the molecule is C=CCN(C)S(=O)(=O)c1cccc(Cl)c1. The summed E-state index contributed by atoms with van der Waals surface area (Å²) >= 11 is 5.73. The predicted molar refractivity (Wildman–Crippen MR) is 61.5 cm³/mol. The highest BCUT2D eigenvalue weighted by atomic mass is 35.5. The number of benzene rings is 1. The second kappa shape index (κ2) is 4.79. The maximum atomic E-state index is 11.9. The van der Waals surface area contributed by atoms with Crippen molar-refractivity contribution in [3.63, 3.8) is 0 Å². The first-order chi connectivity index (χ1) is 6.98. The standard InChI is InChI=1S/C10H12ClNO2S/c1-3-7-12(2)15(13,14)10-6-4-5-9(11)8-10/h3-6,8H,1,7H2,2H3. The Bertz CT molecular complexity index is 456. The van der Waals surface area contributed by atoms with Gasteiger partial charge in [-0.15, -0.1) is 6.58 Å². The Morgan fingerprint density at radius 1 is 1.53 bits per heavy atom. The molecular formula is C10H12ClNO2S. The second-order valence-electron chi connectivity index (χ2n) is 3.03. The van der Waals surface area contributed by atoms with Gasteiger partial charge in [-0.1, -0.05) is 23.7 Å². The normalized spacial score (nSPS) is 11.7. The molecule has 0 N–H and O–H groups in total. The summed E-state index contributed by atoms with van der Waals surface area (Å²) < 4.78 is 25.0. The first kappa shape index (κ1) is 12.2. The molecule has 0 spiro atoms. The maximum absolute atomic E-state index is 11.9. The van der Waals surface area contributed by atoms with Crippen LogP contribution in [0.1, 0.15) is 0 Å². The van der Waals surface area contributed by atoms with Crippen LogP contribution in [-0.4, -0.2) is 26.3 Å². The average molecular weight is 246 g/mol. The van der Waals surface area contributed by atoms with E-state index in [1.165, 1.54) is 29.6 Å². The van der Waals surface area contributed by atoms with Crippen LogP contribution in [0.25, 0.3) is 0 Å². The van der Waals surface area contributed by atoms with Crippen molar-refractivity contribution >= 4 is 21.6 Å². The molecule has 0 unspecified atom stereocenters. The Morgan fingerprint density at radius 2 is 2.20 bits per heavy atom. The van der Waals surface area contributed by atoms with Gasteiger partial charge in [-0.2, -0.15) is 4.31 Å². The highest BCUT2D eigenvalue weighted by Gasteiger charge is 2.19. The van der Waals surface area contributed by atoms with Gasteiger partial charge in [0.2, 0.25) is 10.0 Å². The van der Waals surface area contributed by atoms with E-state index in [4.69, 9.17) is 11.6 Å². The number of sulfonamides is 1. The molecule has 0 aliphatic rings. The predicted octanol–water partition coefficient (Wildman–Crippen LogP) is 2.15. The Hall–Kier alpha value is -0.840. The van der Waals surface area contributed by atoms with Gasteiger partial charge in [0.15, 0.2) is 0 Å². The van der Waals surface area contributed by atoms with Crippen molar-refractivity contribution in [1.82, 2.24) is 4.31 Å². The van der Waals surface area contributed by atoms with Crippen molar-refractivity contribution in [2.45, 2.75) is 4.90 Å². The van der Waals surface area contributed by atoms with Crippen molar-refractivity contribution in [1.29, 1.82) is 0 Å². The average Bonchev–Trinajstić information content (AvgIpc) is 2.18. The van der Waals surface area contributed by atoms with Crippen LogP contribution < -0.4 is 0 Å². The molecule has 0 bridgehead atoms. The van der Waals surface area contributed by atoms with E-state index in [-0.39, 0.29) is 11.4 Å². The lowest BCUT2D eigenvalue weighted by atomic mass is 10.4. The third-order valence-corrected chi connectivity index (χ3v) is 3.94. The molecule has 0 saturated carbocycles. The molecule has 0 radical (unpaired) electrons. The van der Waals surface area contributed by atoms with Gasteiger partial charge in [0, 0.05) is 18.6 Å². The summed E-state index contributed by atoms with van der Waals surface area (Å²) in [6.07, 6.45) is 1.53. The zero-order chi connectivity index (χ0) is 11.5. The van der Waals surface area contributed by atoms with Gasteiger partial charge in [0.05, 0.1) is 4.90 Å². The van der Waals surface area contributed by atoms with Crippen LogP contribution in [0.2, 0.25) is 5.02 Å². The van der Waals surface area contributed by atoms with Crippen molar-refractivity contribution in [2.24, 2.45) is 0 Å². The molecule has 0 aliphatic heterocycles. The summed E-state index contributed by atoms with van der Waals surface area (Å²) in [5.74, 6) is 0. The minimum Gasteiger partial charge on any atom is -0.207 e. The molecule has 0 fully saturated rings. The summed E-state index contributed by atoms with van der Waals surface area (Å²) in [5.41, 5.74) is 0. The lowest BCUT2D eigenvalue weighted by Gasteiger charge is -2.14. The number of likely N-dealkylation sites (N-methyl/N-ethyl adjacent to an activating group) is 1. The zero-order valence-corrected chi connectivity index (χ0v) is 9.92. The summed E-state index contributed by atoms with van der Waals surface area (Å²) in [6.45, 7) is 3.77. The zero-order valence-electron chi connectivity index (χ0n) is 8.35. The highest BCUT2D eigenvalue weighted by Crippen LogP contribution is 2.18. The Labute approximate surface area is 95.0 Å². The topological polar surface area (TPSA) is 37.4 Å². The molecule has 5 heteroatoms.